The van der Waals surface area contributed by atoms with Gasteiger partial charge in [0, 0.05) is 40.8 Å². The Bertz CT molecular complexity index is 1120. The molecule has 1 fully saturated rings. The van der Waals surface area contributed by atoms with Gasteiger partial charge in [0.1, 0.15) is 0 Å². The Labute approximate surface area is 177 Å². The van der Waals surface area contributed by atoms with Crippen molar-refractivity contribution in [2.75, 3.05) is 18.4 Å². The van der Waals surface area contributed by atoms with Crippen LogP contribution in [0.4, 0.5) is 10.5 Å². The minimum atomic E-state index is -1.10. The number of nitrogens with one attached hydrogen (secondary N) is 1. The molecule has 0 saturated carbocycles. The summed E-state index contributed by atoms with van der Waals surface area (Å²) >= 11 is 6.10. The zero-order valence-corrected chi connectivity index (χ0v) is 16.5. The minimum absolute atomic E-state index is 0.128. The van der Waals surface area contributed by atoms with Gasteiger partial charge in [-0.15, -0.1) is 5.06 Å². The monoisotopic (exact) mass is 420 g/mol. The largest absolute Gasteiger partial charge is 0.430 e. The number of carbonyl (C=O) groups is 2. The van der Waals surface area contributed by atoms with Crippen LogP contribution in [0.3, 0.4) is 0 Å². The summed E-state index contributed by atoms with van der Waals surface area (Å²) in [6, 6.07) is 17.9. The number of anilines is 1. The summed E-state index contributed by atoms with van der Waals surface area (Å²) in [6.45, 7) is 0.750. The second-order valence-electron chi connectivity index (χ2n) is 7.03. The second-order valence-corrected chi connectivity index (χ2v) is 7.47. The van der Waals surface area contributed by atoms with Gasteiger partial charge in [-0.1, -0.05) is 41.9 Å². The predicted molar refractivity (Wildman–Crippen MR) is 111 cm³/mol. The molecular formula is C22H17ClN4O3. The molecule has 8 heteroatoms. The first kappa shape index (κ1) is 18.6. The SMILES string of the molecule is O=C(Nc1ccccc1)ON1CCN2C(=O)c3ccncc3C12c1ccc(Cl)cc1. The van der Waals surface area contributed by atoms with E-state index in [1.54, 1.807) is 52.7 Å². The van der Waals surface area contributed by atoms with Crippen molar-refractivity contribution < 1.29 is 14.4 Å². The summed E-state index contributed by atoms with van der Waals surface area (Å²) in [7, 11) is 0. The minimum Gasteiger partial charge on any atom is -0.348 e. The van der Waals surface area contributed by atoms with Crippen LogP contribution in [0.2, 0.25) is 5.02 Å². The molecule has 0 aliphatic carbocycles. The molecule has 1 atom stereocenters. The smallest absolute Gasteiger partial charge is 0.348 e. The number of hydroxylamine groups is 2. The van der Waals surface area contributed by atoms with E-state index in [0.29, 0.717) is 34.9 Å². The van der Waals surface area contributed by atoms with Gasteiger partial charge in [-0.25, -0.2) is 4.79 Å². The number of pyridine rings is 1. The van der Waals surface area contributed by atoms with Gasteiger partial charge in [-0.3, -0.25) is 15.1 Å². The molecule has 0 radical (unpaired) electrons. The van der Waals surface area contributed by atoms with Crippen molar-refractivity contribution in [2.24, 2.45) is 0 Å². The number of aromatic nitrogens is 1. The van der Waals surface area contributed by atoms with Crippen molar-refractivity contribution in [1.82, 2.24) is 14.9 Å². The van der Waals surface area contributed by atoms with E-state index in [9.17, 15) is 9.59 Å². The molecule has 1 unspecified atom stereocenters. The normalized spacial score (nSPS) is 20.0. The third kappa shape index (κ3) is 2.74. The van der Waals surface area contributed by atoms with Crippen LogP contribution < -0.4 is 5.32 Å². The molecule has 1 aromatic heterocycles. The van der Waals surface area contributed by atoms with Crippen LogP contribution in [0.1, 0.15) is 21.5 Å². The number of fused-ring (bicyclic) bond motifs is 3. The number of rotatable bonds is 3. The highest BCUT2D eigenvalue weighted by molar-refractivity contribution is 6.30. The van der Waals surface area contributed by atoms with E-state index in [-0.39, 0.29) is 5.91 Å². The lowest BCUT2D eigenvalue weighted by molar-refractivity contribution is -0.157. The summed E-state index contributed by atoms with van der Waals surface area (Å²) < 4.78 is 0. The zero-order chi connectivity index (χ0) is 20.7. The fraction of sp³-hybridized carbons (Fsp3) is 0.136. The highest BCUT2D eigenvalue weighted by atomic mass is 35.5. The standard InChI is InChI=1S/C22H17ClN4O3/c23-16-8-6-15(7-9-16)22-19-14-24-11-10-18(19)20(28)26(22)12-13-27(22)30-21(29)25-17-4-2-1-3-5-17/h1-11,14H,12-13H2,(H,25,29). The molecule has 3 aromatic rings. The van der Waals surface area contributed by atoms with E-state index in [4.69, 9.17) is 16.4 Å². The number of benzene rings is 2. The van der Waals surface area contributed by atoms with Crippen molar-refractivity contribution in [3.8, 4) is 0 Å². The number of nitrogens with zero attached hydrogens (tertiary/aromatic N) is 3. The van der Waals surface area contributed by atoms with E-state index < -0.39 is 11.8 Å². The van der Waals surface area contributed by atoms with E-state index >= 15 is 0 Å². The van der Waals surface area contributed by atoms with Crippen molar-refractivity contribution >= 4 is 29.3 Å². The molecule has 7 nitrogen and oxygen atoms in total. The maximum Gasteiger partial charge on any atom is 0.430 e. The number of carbonyl (C=O) groups excluding carboxylic acids is 2. The third-order valence-corrected chi connectivity index (χ3v) is 5.66. The lowest BCUT2D eigenvalue weighted by atomic mass is 9.92. The van der Waals surface area contributed by atoms with Crippen LogP contribution in [0.15, 0.2) is 73.1 Å². The Morgan fingerprint density at radius 2 is 1.83 bits per heavy atom. The van der Waals surface area contributed by atoms with Gasteiger partial charge in [0.15, 0.2) is 5.66 Å². The lowest BCUT2D eigenvalue weighted by Crippen LogP contribution is -2.50. The van der Waals surface area contributed by atoms with Gasteiger partial charge >= 0.3 is 6.09 Å². The first-order valence-corrected chi connectivity index (χ1v) is 9.82. The molecule has 2 amide bonds. The number of halogens is 1. The van der Waals surface area contributed by atoms with Crippen LogP contribution in [0.25, 0.3) is 0 Å². The summed E-state index contributed by atoms with van der Waals surface area (Å²) in [4.78, 5) is 37.5. The molecule has 5 rings (SSSR count). The van der Waals surface area contributed by atoms with Gasteiger partial charge in [0.2, 0.25) is 0 Å². The van der Waals surface area contributed by atoms with E-state index in [2.05, 4.69) is 10.3 Å². The molecule has 0 bridgehead atoms. The summed E-state index contributed by atoms with van der Waals surface area (Å²) in [5, 5.41) is 4.83. The molecular weight excluding hydrogens is 404 g/mol. The molecule has 150 valence electrons. The summed E-state index contributed by atoms with van der Waals surface area (Å²) in [5.41, 5.74) is 1.49. The van der Waals surface area contributed by atoms with Crippen molar-refractivity contribution in [3.63, 3.8) is 0 Å². The van der Waals surface area contributed by atoms with Gasteiger partial charge in [0.05, 0.1) is 12.1 Å². The number of para-hydroxylation sites is 1. The molecule has 0 spiro atoms. The Kier molecular flexibility index (Phi) is 4.42. The van der Waals surface area contributed by atoms with E-state index in [1.807, 2.05) is 30.3 Å². The molecule has 2 aromatic carbocycles. The highest BCUT2D eigenvalue weighted by Crippen LogP contribution is 2.49. The van der Waals surface area contributed by atoms with Gasteiger partial charge < -0.3 is 9.74 Å². The molecule has 1 saturated heterocycles. The van der Waals surface area contributed by atoms with Gasteiger partial charge in [0.25, 0.3) is 5.91 Å². The molecule has 2 aliphatic heterocycles. The maximum absolute atomic E-state index is 13.1. The topological polar surface area (TPSA) is 74.8 Å². The third-order valence-electron chi connectivity index (χ3n) is 5.41. The molecule has 2 aliphatic rings. The Morgan fingerprint density at radius 3 is 2.60 bits per heavy atom. The van der Waals surface area contributed by atoms with Crippen LogP contribution in [-0.2, 0) is 10.5 Å². The van der Waals surface area contributed by atoms with Crippen LogP contribution in [0.5, 0.6) is 0 Å². The van der Waals surface area contributed by atoms with Crippen molar-refractivity contribution in [3.05, 3.63) is 94.8 Å². The number of amides is 2. The lowest BCUT2D eigenvalue weighted by Gasteiger charge is -2.38. The van der Waals surface area contributed by atoms with E-state index in [1.165, 1.54) is 0 Å². The average molecular weight is 421 g/mol. The van der Waals surface area contributed by atoms with Crippen molar-refractivity contribution in [2.45, 2.75) is 5.66 Å². The first-order valence-electron chi connectivity index (χ1n) is 9.45. The first-order chi connectivity index (χ1) is 14.6. The van der Waals surface area contributed by atoms with Gasteiger partial charge in [-0.05, 0) is 30.3 Å². The van der Waals surface area contributed by atoms with Crippen LogP contribution >= 0.6 is 11.6 Å². The van der Waals surface area contributed by atoms with Gasteiger partial charge in [-0.2, -0.15) is 0 Å². The average Bonchev–Trinajstić information content (AvgIpc) is 3.25. The Hall–Kier alpha value is -3.42. The van der Waals surface area contributed by atoms with Crippen LogP contribution in [-0.4, -0.2) is 40.0 Å². The highest BCUT2D eigenvalue weighted by Gasteiger charge is 2.60. The number of hydrogen-bond donors (Lipinski definition) is 1. The summed E-state index contributed by atoms with van der Waals surface area (Å²) in [6.07, 6.45) is 2.60. The van der Waals surface area contributed by atoms with Crippen LogP contribution in [0, 0.1) is 0 Å². The van der Waals surface area contributed by atoms with Crippen molar-refractivity contribution in [1.29, 1.82) is 0 Å². The Balaban J connectivity index is 1.57. The quantitative estimate of drug-likeness (QED) is 0.696. The Morgan fingerprint density at radius 1 is 1.07 bits per heavy atom. The van der Waals surface area contributed by atoms with E-state index in [0.717, 1.165) is 5.56 Å². The fourth-order valence-electron chi connectivity index (χ4n) is 4.19. The fourth-order valence-corrected chi connectivity index (χ4v) is 4.32. The molecule has 1 N–H and O–H groups in total. The number of hydrogen-bond acceptors (Lipinski definition) is 5. The predicted octanol–water partition coefficient (Wildman–Crippen LogP) is 3.87. The summed E-state index contributed by atoms with van der Waals surface area (Å²) in [5.74, 6) is -0.128. The maximum atomic E-state index is 13.1. The molecule has 30 heavy (non-hydrogen) atoms. The second kappa shape index (κ2) is 7.12. The zero-order valence-electron chi connectivity index (χ0n) is 15.8. The molecule has 3 heterocycles.